The van der Waals surface area contributed by atoms with E-state index in [4.69, 9.17) is 5.26 Å². The van der Waals surface area contributed by atoms with Crippen molar-refractivity contribution in [1.82, 2.24) is 5.32 Å². The summed E-state index contributed by atoms with van der Waals surface area (Å²) in [6.45, 7) is 5.32. The standard InChI is InChI=1S/C14H20N2/c1-3-5-14(4-2)16-11-13-8-6-12(10-15)7-9-13/h6-9,14,16H,3-5,11H2,1-2H3. The molecule has 1 N–H and O–H groups in total. The van der Waals surface area contributed by atoms with Crippen LogP contribution in [-0.2, 0) is 6.54 Å². The van der Waals surface area contributed by atoms with Crippen LogP contribution in [0.1, 0.15) is 44.2 Å². The monoisotopic (exact) mass is 216 g/mol. The van der Waals surface area contributed by atoms with Crippen LogP contribution in [0.25, 0.3) is 0 Å². The molecule has 2 nitrogen and oxygen atoms in total. The van der Waals surface area contributed by atoms with Crippen molar-refractivity contribution in [3.05, 3.63) is 35.4 Å². The molecule has 0 aliphatic rings. The number of hydrogen-bond acceptors (Lipinski definition) is 2. The van der Waals surface area contributed by atoms with E-state index in [9.17, 15) is 0 Å². The molecule has 0 heterocycles. The fourth-order valence-corrected chi connectivity index (χ4v) is 1.76. The number of hydrogen-bond donors (Lipinski definition) is 1. The molecular weight excluding hydrogens is 196 g/mol. The van der Waals surface area contributed by atoms with Crippen LogP contribution in [0, 0.1) is 11.3 Å². The predicted octanol–water partition coefficient (Wildman–Crippen LogP) is 3.23. The Morgan fingerprint density at radius 3 is 2.44 bits per heavy atom. The van der Waals surface area contributed by atoms with Gasteiger partial charge in [-0.05, 0) is 30.5 Å². The maximum atomic E-state index is 8.69. The zero-order valence-corrected chi connectivity index (χ0v) is 10.2. The van der Waals surface area contributed by atoms with Gasteiger partial charge in [0.1, 0.15) is 0 Å². The molecule has 0 spiro atoms. The van der Waals surface area contributed by atoms with Crippen LogP contribution in [0.3, 0.4) is 0 Å². The van der Waals surface area contributed by atoms with Gasteiger partial charge in [-0.25, -0.2) is 0 Å². The molecule has 16 heavy (non-hydrogen) atoms. The Hall–Kier alpha value is -1.33. The summed E-state index contributed by atoms with van der Waals surface area (Å²) in [5.41, 5.74) is 1.97. The number of nitrogens with zero attached hydrogens (tertiary/aromatic N) is 1. The highest BCUT2D eigenvalue weighted by Crippen LogP contribution is 2.06. The van der Waals surface area contributed by atoms with E-state index in [1.165, 1.54) is 24.8 Å². The van der Waals surface area contributed by atoms with Gasteiger partial charge < -0.3 is 5.32 Å². The first-order valence-corrected chi connectivity index (χ1v) is 6.02. The van der Waals surface area contributed by atoms with Crippen molar-refractivity contribution in [1.29, 1.82) is 5.26 Å². The Balaban J connectivity index is 2.44. The van der Waals surface area contributed by atoms with Crippen LogP contribution in [0.2, 0.25) is 0 Å². The minimum absolute atomic E-state index is 0.612. The lowest BCUT2D eigenvalue weighted by Crippen LogP contribution is -2.27. The van der Waals surface area contributed by atoms with E-state index < -0.39 is 0 Å². The smallest absolute Gasteiger partial charge is 0.0991 e. The Morgan fingerprint density at radius 2 is 1.94 bits per heavy atom. The number of nitriles is 1. The molecule has 0 saturated carbocycles. The largest absolute Gasteiger partial charge is 0.310 e. The highest BCUT2D eigenvalue weighted by molar-refractivity contribution is 5.31. The molecule has 1 aromatic rings. The first-order valence-electron chi connectivity index (χ1n) is 6.02. The lowest BCUT2D eigenvalue weighted by atomic mass is 10.1. The molecule has 0 saturated heterocycles. The van der Waals surface area contributed by atoms with Gasteiger partial charge in [0.15, 0.2) is 0 Å². The minimum atomic E-state index is 0.612. The van der Waals surface area contributed by atoms with Crippen molar-refractivity contribution in [3.8, 4) is 6.07 Å². The van der Waals surface area contributed by atoms with E-state index >= 15 is 0 Å². The van der Waals surface area contributed by atoms with E-state index in [1.807, 2.05) is 24.3 Å². The van der Waals surface area contributed by atoms with Gasteiger partial charge in [-0.2, -0.15) is 5.26 Å². The van der Waals surface area contributed by atoms with Crippen molar-refractivity contribution in [2.45, 2.75) is 45.7 Å². The van der Waals surface area contributed by atoms with E-state index in [2.05, 4.69) is 25.2 Å². The van der Waals surface area contributed by atoms with Gasteiger partial charge in [-0.1, -0.05) is 32.4 Å². The second-order valence-electron chi connectivity index (χ2n) is 4.08. The second kappa shape index (κ2) is 7.03. The molecule has 0 bridgehead atoms. The van der Waals surface area contributed by atoms with E-state index in [1.54, 1.807) is 0 Å². The minimum Gasteiger partial charge on any atom is -0.310 e. The van der Waals surface area contributed by atoms with Gasteiger partial charge in [-0.3, -0.25) is 0 Å². The number of rotatable bonds is 6. The summed E-state index contributed by atoms with van der Waals surface area (Å²) in [4.78, 5) is 0. The molecule has 0 aromatic heterocycles. The van der Waals surface area contributed by atoms with E-state index in [0.29, 0.717) is 6.04 Å². The van der Waals surface area contributed by atoms with Crippen molar-refractivity contribution < 1.29 is 0 Å². The molecular formula is C14H20N2. The van der Waals surface area contributed by atoms with Crippen LogP contribution in [-0.4, -0.2) is 6.04 Å². The Kier molecular flexibility index (Phi) is 5.60. The molecule has 1 rings (SSSR count). The van der Waals surface area contributed by atoms with E-state index in [-0.39, 0.29) is 0 Å². The summed E-state index contributed by atoms with van der Waals surface area (Å²) in [7, 11) is 0. The van der Waals surface area contributed by atoms with Gasteiger partial charge in [0.2, 0.25) is 0 Å². The van der Waals surface area contributed by atoms with Gasteiger partial charge in [0.25, 0.3) is 0 Å². The summed E-state index contributed by atoms with van der Waals surface area (Å²) in [6, 6.07) is 10.5. The highest BCUT2D eigenvalue weighted by atomic mass is 14.9. The van der Waals surface area contributed by atoms with Crippen molar-refractivity contribution in [2.75, 3.05) is 0 Å². The number of benzene rings is 1. The van der Waals surface area contributed by atoms with Crippen LogP contribution >= 0.6 is 0 Å². The first-order chi connectivity index (χ1) is 7.80. The highest BCUT2D eigenvalue weighted by Gasteiger charge is 2.03. The number of nitrogens with one attached hydrogen (secondary N) is 1. The first kappa shape index (κ1) is 12.7. The predicted molar refractivity (Wildman–Crippen MR) is 67.0 cm³/mol. The second-order valence-corrected chi connectivity index (χ2v) is 4.08. The average Bonchev–Trinajstić information content (AvgIpc) is 2.35. The molecule has 2 heteroatoms. The van der Waals surface area contributed by atoms with Crippen LogP contribution in [0.5, 0.6) is 0 Å². The Morgan fingerprint density at radius 1 is 1.25 bits per heavy atom. The molecule has 0 fully saturated rings. The summed E-state index contributed by atoms with van der Waals surface area (Å²) >= 11 is 0. The van der Waals surface area contributed by atoms with Crippen LogP contribution < -0.4 is 5.32 Å². The maximum Gasteiger partial charge on any atom is 0.0991 e. The molecule has 0 amide bonds. The molecule has 0 aliphatic heterocycles. The van der Waals surface area contributed by atoms with Gasteiger partial charge in [0.05, 0.1) is 11.6 Å². The Bertz CT molecular complexity index is 335. The normalized spacial score (nSPS) is 12.1. The maximum absolute atomic E-state index is 8.69. The van der Waals surface area contributed by atoms with Gasteiger partial charge in [-0.15, -0.1) is 0 Å². The third-order valence-electron chi connectivity index (χ3n) is 2.81. The van der Waals surface area contributed by atoms with Gasteiger partial charge >= 0.3 is 0 Å². The molecule has 0 radical (unpaired) electrons. The third-order valence-corrected chi connectivity index (χ3v) is 2.81. The lowest BCUT2D eigenvalue weighted by Gasteiger charge is -2.15. The molecule has 1 aromatic carbocycles. The molecule has 1 atom stereocenters. The quantitative estimate of drug-likeness (QED) is 0.792. The zero-order chi connectivity index (χ0) is 11.8. The van der Waals surface area contributed by atoms with Crippen LogP contribution in [0.15, 0.2) is 24.3 Å². The van der Waals surface area contributed by atoms with Gasteiger partial charge in [0, 0.05) is 12.6 Å². The summed E-state index contributed by atoms with van der Waals surface area (Å²) < 4.78 is 0. The average molecular weight is 216 g/mol. The molecule has 1 unspecified atom stereocenters. The van der Waals surface area contributed by atoms with E-state index in [0.717, 1.165) is 12.1 Å². The van der Waals surface area contributed by atoms with Crippen molar-refractivity contribution >= 4 is 0 Å². The van der Waals surface area contributed by atoms with Crippen molar-refractivity contribution in [2.24, 2.45) is 0 Å². The fourth-order valence-electron chi connectivity index (χ4n) is 1.76. The lowest BCUT2D eigenvalue weighted by molar-refractivity contribution is 0.462. The zero-order valence-electron chi connectivity index (χ0n) is 10.2. The van der Waals surface area contributed by atoms with Crippen molar-refractivity contribution in [3.63, 3.8) is 0 Å². The fraction of sp³-hybridized carbons (Fsp3) is 0.500. The van der Waals surface area contributed by atoms with Crippen LogP contribution in [0.4, 0.5) is 0 Å². The summed E-state index contributed by atoms with van der Waals surface area (Å²) in [5.74, 6) is 0. The summed E-state index contributed by atoms with van der Waals surface area (Å²) in [6.07, 6.45) is 3.62. The summed E-state index contributed by atoms with van der Waals surface area (Å²) in [5, 5.41) is 12.2. The molecule has 0 aliphatic carbocycles. The SMILES string of the molecule is CCCC(CC)NCc1ccc(C#N)cc1. The Labute approximate surface area is 98.3 Å². The topological polar surface area (TPSA) is 35.8 Å². The molecule has 86 valence electrons. The third kappa shape index (κ3) is 4.04.